The highest BCUT2D eigenvalue weighted by atomic mass is 16.2. The molecular formula is C19H35N5O2. The molecule has 6 N–H and O–H groups in total. The van der Waals surface area contributed by atoms with E-state index in [0.29, 0.717) is 17.9 Å². The van der Waals surface area contributed by atoms with Crippen LogP contribution in [-0.2, 0) is 9.59 Å². The van der Waals surface area contributed by atoms with Gasteiger partial charge in [-0.05, 0) is 19.3 Å². The number of nitrogens with one attached hydrogen (secondary N) is 4. The van der Waals surface area contributed by atoms with Gasteiger partial charge < -0.3 is 27.0 Å². The van der Waals surface area contributed by atoms with Gasteiger partial charge in [-0.15, -0.1) is 0 Å². The molecule has 0 heterocycles. The van der Waals surface area contributed by atoms with Gasteiger partial charge in [0.15, 0.2) is 0 Å². The Labute approximate surface area is 157 Å². The predicted octanol–water partition coefficient (Wildman–Crippen LogP) is 0.911. The van der Waals surface area contributed by atoms with Gasteiger partial charge in [-0.2, -0.15) is 0 Å². The van der Waals surface area contributed by atoms with Crippen LogP contribution in [0.1, 0.15) is 40.0 Å². The Kier molecular flexibility index (Phi) is 12.7. The summed E-state index contributed by atoms with van der Waals surface area (Å²) in [5, 5.41) is 11.3. The number of allylic oxidation sites excluding steroid dienone is 1. The number of rotatable bonds is 12. The molecule has 0 radical (unpaired) electrons. The molecule has 0 aromatic carbocycles. The number of hydrogen-bond acceptors (Lipinski definition) is 5. The first kappa shape index (κ1) is 23.7. The fourth-order valence-corrected chi connectivity index (χ4v) is 2.00. The van der Waals surface area contributed by atoms with Crippen LogP contribution < -0.4 is 27.0 Å². The Hall–Kier alpha value is -2.28. The maximum absolute atomic E-state index is 11.8. The molecule has 26 heavy (non-hydrogen) atoms. The van der Waals surface area contributed by atoms with Gasteiger partial charge in [0.1, 0.15) is 0 Å². The maximum Gasteiger partial charge on any atom is 0.239 e. The summed E-state index contributed by atoms with van der Waals surface area (Å²) in [6.45, 7) is 14.9. The minimum Gasteiger partial charge on any atom is -0.379 e. The van der Waals surface area contributed by atoms with E-state index in [0.717, 1.165) is 6.42 Å². The molecule has 2 amide bonds. The lowest BCUT2D eigenvalue weighted by Crippen LogP contribution is -2.39. The van der Waals surface area contributed by atoms with Crippen LogP contribution in [0.25, 0.3) is 0 Å². The molecule has 0 aromatic heterocycles. The summed E-state index contributed by atoms with van der Waals surface area (Å²) in [5.74, 6) is -0.281. The second-order valence-corrected chi connectivity index (χ2v) is 5.73. The molecule has 0 bridgehead atoms. The number of hydrogen-bond donors (Lipinski definition) is 5. The lowest BCUT2D eigenvalue weighted by atomic mass is 10.2. The molecule has 0 aliphatic heterocycles. The molecule has 1 saturated carbocycles. The van der Waals surface area contributed by atoms with E-state index in [9.17, 15) is 9.59 Å². The Morgan fingerprint density at radius 3 is 1.85 bits per heavy atom. The van der Waals surface area contributed by atoms with E-state index >= 15 is 0 Å². The minimum atomic E-state index is -0.194. The fourth-order valence-electron chi connectivity index (χ4n) is 2.00. The molecule has 1 rings (SSSR count). The predicted molar refractivity (Wildman–Crippen MR) is 107 cm³/mol. The zero-order valence-corrected chi connectivity index (χ0v) is 16.5. The fraction of sp³-hybridized carbons (Fsp3) is 0.579. The number of carbonyl (C=O) groups is 2. The smallest absolute Gasteiger partial charge is 0.239 e. The molecule has 0 aromatic rings. The van der Waals surface area contributed by atoms with Crippen molar-refractivity contribution in [1.29, 1.82) is 0 Å². The standard InChI is InChI=1S/C17H29N5O2.C2H6/c1-4-14(15-5-6-15)9-22-17(24)11-20-13(3)8-21-16(23)10-19-12(2)7-18;1-2/h19-20H,2-11,18H2,1H3,(H,21,23)(H,22,24);1-2H3. The molecule has 7 nitrogen and oxygen atoms in total. The average Bonchev–Trinajstić information content (AvgIpc) is 3.49. The van der Waals surface area contributed by atoms with E-state index in [1.54, 1.807) is 0 Å². The van der Waals surface area contributed by atoms with Gasteiger partial charge in [-0.25, -0.2) is 0 Å². The third kappa shape index (κ3) is 11.3. The third-order valence-electron chi connectivity index (χ3n) is 3.67. The van der Waals surface area contributed by atoms with Gasteiger partial charge in [0.05, 0.1) is 19.6 Å². The van der Waals surface area contributed by atoms with Gasteiger partial charge in [-0.3, -0.25) is 9.59 Å². The Morgan fingerprint density at radius 2 is 1.38 bits per heavy atom. The Balaban J connectivity index is 0.00000301. The summed E-state index contributed by atoms with van der Waals surface area (Å²) in [7, 11) is 0. The van der Waals surface area contributed by atoms with Crippen molar-refractivity contribution in [1.82, 2.24) is 21.3 Å². The van der Waals surface area contributed by atoms with Crippen LogP contribution in [0.15, 0.2) is 35.7 Å². The third-order valence-corrected chi connectivity index (χ3v) is 3.67. The highest BCUT2D eigenvalue weighted by Crippen LogP contribution is 2.32. The van der Waals surface area contributed by atoms with Crippen LogP contribution in [0.4, 0.5) is 0 Å². The monoisotopic (exact) mass is 365 g/mol. The van der Waals surface area contributed by atoms with Crippen molar-refractivity contribution in [2.75, 3.05) is 32.7 Å². The lowest BCUT2D eigenvalue weighted by molar-refractivity contribution is -0.120. The largest absolute Gasteiger partial charge is 0.379 e. The van der Waals surface area contributed by atoms with E-state index in [1.165, 1.54) is 24.0 Å². The summed E-state index contributed by atoms with van der Waals surface area (Å²) in [6.07, 6.45) is 3.31. The van der Waals surface area contributed by atoms with Gasteiger partial charge >= 0.3 is 0 Å². The topological polar surface area (TPSA) is 108 Å². The van der Waals surface area contributed by atoms with Gasteiger partial charge in [0, 0.05) is 24.5 Å². The highest BCUT2D eigenvalue weighted by Gasteiger charge is 2.16. The zero-order valence-electron chi connectivity index (χ0n) is 16.5. The van der Waals surface area contributed by atoms with Crippen molar-refractivity contribution in [3.8, 4) is 0 Å². The number of amides is 2. The Morgan fingerprint density at radius 1 is 0.885 bits per heavy atom. The zero-order chi connectivity index (χ0) is 19.9. The molecule has 0 atom stereocenters. The second-order valence-electron chi connectivity index (χ2n) is 5.73. The first-order chi connectivity index (χ1) is 12.5. The number of carbonyl (C=O) groups excluding carboxylic acids is 2. The molecule has 148 valence electrons. The van der Waals surface area contributed by atoms with E-state index in [2.05, 4.69) is 41.3 Å². The maximum atomic E-state index is 11.8. The van der Waals surface area contributed by atoms with Gasteiger partial charge in [0.25, 0.3) is 0 Å². The van der Waals surface area contributed by atoms with Gasteiger partial charge in [0.2, 0.25) is 11.8 Å². The van der Waals surface area contributed by atoms with Crippen LogP contribution in [-0.4, -0.2) is 44.5 Å². The summed E-state index contributed by atoms with van der Waals surface area (Å²) >= 11 is 0. The van der Waals surface area contributed by atoms with Crippen LogP contribution in [0.2, 0.25) is 0 Å². The average molecular weight is 366 g/mol. The van der Waals surface area contributed by atoms with Crippen molar-refractivity contribution in [2.45, 2.75) is 40.0 Å². The van der Waals surface area contributed by atoms with Crippen LogP contribution in [0, 0.1) is 0 Å². The SMILES string of the molecule is C=C(CN)NCC(=O)NCC(=C)NCC(=O)NCC(CC)=C1CC1.CC. The number of nitrogens with two attached hydrogens (primary N) is 1. The summed E-state index contributed by atoms with van der Waals surface area (Å²) in [4.78, 5) is 23.4. The first-order valence-electron chi connectivity index (χ1n) is 9.22. The van der Waals surface area contributed by atoms with E-state index in [1.807, 2.05) is 13.8 Å². The van der Waals surface area contributed by atoms with Crippen LogP contribution in [0.3, 0.4) is 0 Å². The molecule has 0 saturated heterocycles. The van der Waals surface area contributed by atoms with E-state index in [-0.39, 0.29) is 38.0 Å². The lowest BCUT2D eigenvalue weighted by Gasteiger charge is -2.12. The second kappa shape index (κ2) is 13.9. The highest BCUT2D eigenvalue weighted by molar-refractivity contribution is 5.79. The van der Waals surface area contributed by atoms with Crippen LogP contribution in [0.5, 0.6) is 0 Å². The summed E-state index contributed by atoms with van der Waals surface area (Å²) < 4.78 is 0. The Bertz CT molecular complexity index is 520. The molecule has 1 aliphatic rings. The van der Waals surface area contributed by atoms with Crippen molar-refractivity contribution in [3.63, 3.8) is 0 Å². The van der Waals surface area contributed by atoms with Crippen molar-refractivity contribution in [2.24, 2.45) is 5.73 Å². The summed E-state index contributed by atoms with van der Waals surface area (Å²) in [5.41, 5.74) is 9.35. The normalized spacial score (nSPS) is 11.5. The molecular weight excluding hydrogens is 330 g/mol. The first-order valence-corrected chi connectivity index (χ1v) is 9.22. The summed E-state index contributed by atoms with van der Waals surface area (Å²) in [6, 6.07) is 0. The van der Waals surface area contributed by atoms with E-state index < -0.39 is 0 Å². The van der Waals surface area contributed by atoms with Crippen molar-refractivity contribution >= 4 is 11.8 Å². The van der Waals surface area contributed by atoms with Crippen molar-refractivity contribution in [3.05, 3.63) is 35.7 Å². The van der Waals surface area contributed by atoms with Crippen molar-refractivity contribution < 1.29 is 9.59 Å². The molecule has 1 aliphatic carbocycles. The molecule has 0 spiro atoms. The minimum absolute atomic E-state index is 0.0874. The quantitative estimate of drug-likeness (QED) is 0.330. The molecule has 0 unspecified atom stereocenters. The van der Waals surface area contributed by atoms with Crippen LogP contribution >= 0.6 is 0 Å². The van der Waals surface area contributed by atoms with E-state index in [4.69, 9.17) is 5.73 Å². The van der Waals surface area contributed by atoms with Gasteiger partial charge in [-0.1, -0.05) is 45.1 Å². The molecule has 7 heteroatoms. The molecule has 1 fully saturated rings.